The number of amides is 3. The molecule has 4 N–H and O–H groups in total. The van der Waals surface area contributed by atoms with Crippen molar-refractivity contribution in [1.29, 1.82) is 0 Å². The van der Waals surface area contributed by atoms with Gasteiger partial charge in [0.05, 0.1) is 25.3 Å². The average molecular weight is 970 g/mol. The number of hydrogen-bond donors (Lipinski definition) is 4. The van der Waals surface area contributed by atoms with Crippen molar-refractivity contribution < 1.29 is 47.2 Å². The Kier molecular flexibility index (Phi) is 36.7. The van der Waals surface area contributed by atoms with Crippen molar-refractivity contribution in [3.8, 4) is 0 Å². The molecule has 0 bridgehead atoms. The van der Waals surface area contributed by atoms with E-state index in [0.717, 1.165) is 95.6 Å². The number of carbonyl (C=O) groups is 4. The van der Waals surface area contributed by atoms with Crippen molar-refractivity contribution in [2.75, 3.05) is 32.1 Å². The van der Waals surface area contributed by atoms with E-state index in [9.17, 15) is 28.6 Å². The summed E-state index contributed by atoms with van der Waals surface area (Å²) in [5.74, 6) is -0.208. The number of carbonyl (C=O) groups excluding carboxylic acids is 4. The van der Waals surface area contributed by atoms with E-state index in [-0.39, 0.29) is 56.6 Å². The summed E-state index contributed by atoms with van der Waals surface area (Å²) in [6, 6.07) is 0.193. The van der Waals surface area contributed by atoms with Gasteiger partial charge in [-0.1, -0.05) is 147 Å². The molecule has 2 aliphatic rings. The quantitative estimate of drug-likeness (QED) is 0.0150. The third-order valence-electron chi connectivity index (χ3n) is 12.2. The standard InChI is InChI=1S/C51H92N3O10PS/c1-3-5-7-9-11-13-15-17-19-21-23-25-27-29-31-37-48(56)61-41-44(64-49(57)38-32-30-28-26-24-22-20-18-16-14-12-10-8-6-4-2)42-63-65(59,60)62-40-39-52-47(55)36-34-33-35-46-50-45(43-66-46)53-51(58)54-50/h17-20,44-46,50H,3-16,21-43H2,1-2H3,(H,52,55)(H,59,60)(H2,53,54,58)/b19-17-,20-18-/t44?,45-,46-,50-/m0/s1. The zero-order valence-electron chi connectivity index (χ0n) is 41.3. The molecule has 13 nitrogen and oxygen atoms in total. The zero-order valence-corrected chi connectivity index (χ0v) is 43.0. The van der Waals surface area contributed by atoms with Crippen molar-refractivity contribution in [2.24, 2.45) is 0 Å². The lowest BCUT2D eigenvalue weighted by atomic mass is 10.0. The van der Waals surface area contributed by atoms with Gasteiger partial charge in [-0.2, -0.15) is 11.8 Å². The fourth-order valence-electron chi connectivity index (χ4n) is 8.23. The second-order valence-corrected chi connectivity index (χ2v) is 21.0. The van der Waals surface area contributed by atoms with E-state index >= 15 is 0 Å². The molecule has 15 heteroatoms. The SMILES string of the molecule is CCCCCCCC/C=C\CCCCCCCC(=O)OCC(COP(=O)(O)OCCNC(=O)CCCC[C@@H]1SC[C@@H]2NC(=O)N[C@@H]21)OC(=O)CCCCCCC/C=C\CCCCCCCC. The minimum atomic E-state index is -4.58. The van der Waals surface area contributed by atoms with Crippen LogP contribution in [0.3, 0.4) is 0 Å². The van der Waals surface area contributed by atoms with E-state index in [0.29, 0.717) is 30.9 Å². The third-order valence-corrected chi connectivity index (χ3v) is 14.7. The van der Waals surface area contributed by atoms with Crippen LogP contribution in [0.1, 0.15) is 219 Å². The third kappa shape index (κ3) is 33.2. The van der Waals surface area contributed by atoms with Crippen molar-refractivity contribution >= 4 is 43.5 Å². The van der Waals surface area contributed by atoms with Crippen LogP contribution in [0.2, 0.25) is 0 Å². The van der Waals surface area contributed by atoms with Gasteiger partial charge in [0.15, 0.2) is 6.10 Å². The molecule has 2 rings (SSSR count). The molecule has 2 unspecified atom stereocenters. The molecule has 66 heavy (non-hydrogen) atoms. The molecule has 0 aromatic rings. The fraction of sp³-hybridized carbons (Fsp3) is 0.843. The number of esters is 2. The number of rotatable bonds is 45. The topological polar surface area (TPSA) is 179 Å². The number of allylic oxidation sites excluding steroid dienone is 4. The number of phosphoric acid groups is 1. The van der Waals surface area contributed by atoms with Crippen LogP contribution in [0.5, 0.6) is 0 Å². The molecule has 2 saturated heterocycles. The molecule has 0 aromatic heterocycles. The summed E-state index contributed by atoms with van der Waals surface area (Å²) < 4.78 is 34.0. The minimum Gasteiger partial charge on any atom is -0.462 e. The first-order valence-corrected chi connectivity index (χ1v) is 28.9. The predicted octanol–water partition coefficient (Wildman–Crippen LogP) is 12.5. The van der Waals surface area contributed by atoms with Gasteiger partial charge in [-0.3, -0.25) is 23.4 Å². The summed E-state index contributed by atoms with van der Waals surface area (Å²) in [7, 11) is -4.58. The van der Waals surface area contributed by atoms with E-state index in [1.165, 1.54) is 77.0 Å². The highest BCUT2D eigenvalue weighted by molar-refractivity contribution is 8.00. The molecule has 2 aliphatic heterocycles. The maximum atomic E-state index is 12.8. The van der Waals surface area contributed by atoms with Crippen LogP contribution in [-0.4, -0.2) is 84.3 Å². The summed E-state index contributed by atoms with van der Waals surface area (Å²) in [5.41, 5.74) is 0. The number of phosphoric ester groups is 1. The van der Waals surface area contributed by atoms with Crippen LogP contribution in [-0.2, 0) is 37.5 Å². The van der Waals surface area contributed by atoms with E-state index in [4.69, 9.17) is 18.5 Å². The number of hydrogen-bond acceptors (Lipinski definition) is 10. The first kappa shape index (κ1) is 59.7. The van der Waals surface area contributed by atoms with Crippen LogP contribution >= 0.6 is 19.6 Å². The summed E-state index contributed by atoms with van der Waals surface area (Å²) in [6.45, 7) is 3.43. The smallest absolute Gasteiger partial charge is 0.462 e. The van der Waals surface area contributed by atoms with Crippen LogP contribution in [0.15, 0.2) is 24.3 Å². The fourth-order valence-corrected chi connectivity index (χ4v) is 10.5. The summed E-state index contributed by atoms with van der Waals surface area (Å²) in [5, 5.41) is 8.94. The van der Waals surface area contributed by atoms with Crippen LogP contribution < -0.4 is 16.0 Å². The molecule has 5 atom stereocenters. The number of urea groups is 1. The highest BCUT2D eigenvalue weighted by Gasteiger charge is 2.42. The number of fused-ring (bicyclic) bond motifs is 1. The lowest BCUT2D eigenvalue weighted by Gasteiger charge is -2.20. The number of nitrogens with one attached hydrogen (secondary N) is 3. The van der Waals surface area contributed by atoms with Gasteiger partial charge in [0.1, 0.15) is 6.61 Å². The van der Waals surface area contributed by atoms with Gasteiger partial charge in [0.25, 0.3) is 0 Å². The van der Waals surface area contributed by atoms with Gasteiger partial charge in [-0.15, -0.1) is 0 Å². The average Bonchev–Trinajstić information content (AvgIpc) is 3.86. The van der Waals surface area contributed by atoms with E-state index < -0.39 is 32.5 Å². The van der Waals surface area contributed by atoms with Gasteiger partial charge < -0.3 is 30.3 Å². The molecule has 0 aliphatic carbocycles. The van der Waals surface area contributed by atoms with E-state index in [1.807, 2.05) is 11.8 Å². The van der Waals surface area contributed by atoms with E-state index in [1.54, 1.807) is 0 Å². The van der Waals surface area contributed by atoms with Gasteiger partial charge in [0.2, 0.25) is 5.91 Å². The number of unbranched alkanes of at least 4 members (excludes halogenated alkanes) is 23. The molecule has 2 heterocycles. The molecule has 2 fully saturated rings. The first-order chi connectivity index (χ1) is 32.1. The molecule has 0 radical (unpaired) electrons. The Hall–Kier alpha value is -2.38. The molecule has 382 valence electrons. The number of thioether (sulfide) groups is 1. The van der Waals surface area contributed by atoms with Crippen molar-refractivity contribution in [2.45, 2.75) is 243 Å². The molecule has 0 aromatic carbocycles. The van der Waals surface area contributed by atoms with Crippen LogP contribution in [0, 0.1) is 0 Å². The van der Waals surface area contributed by atoms with Gasteiger partial charge in [-0.25, -0.2) is 9.36 Å². The molecule has 3 amide bonds. The maximum absolute atomic E-state index is 12.8. The zero-order chi connectivity index (χ0) is 47.8. The highest BCUT2D eigenvalue weighted by atomic mass is 32.2. The Morgan fingerprint density at radius 2 is 1.17 bits per heavy atom. The Bertz CT molecular complexity index is 1390. The molecule has 0 spiro atoms. The Morgan fingerprint density at radius 3 is 1.73 bits per heavy atom. The molecule has 0 saturated carbocycles. The lowest BCUT2D eigenvalue weighted by molar-refractivity contribution is -0.161. The van der Waals surface area contributed by atoms with Gasteiger partial charge in [-0.05, 0) is 77.0 Å². The van der Waals surface area contributed by atoms with Crippen molar-refractivity contribution in [1.82, 2.24) is 16.0 Å². The van der Waals surface area contributed by atoms with Crippen LogP contribution in [0.4, 0.5) is 4.79 Å². The largest absolute Gasteiger partial charge is 0.472 e. The normalized spacial score (nSPS) is 18.3. The molecular formula is C51H92N3O10PS. The monoisotopic (exact) mass is 970 g/mol. The minimum absolute atomic E-state index is 0.00894. The molecular weight excluding hydrogens is 878 g/mol. The van der Waals surface area contributed by atoms with Crippen molar-refractivity contribution in [3.05, 3.63) is 24.3 Å². The second-order valence-electron chi connectivity index (χ2n) is 18.3. The van der Waals surface area contributed by atoms with E-state index in [2.05, 4.69) is 54.1 Å². The summed E-state index contributed by atoms with van der Waals surface area (Å²) in [4.78, 5) is 59.8. The second kappa shape index (κ2) is 40.5. The maximum Gasteiger partial charge on any atom is 0.472 e. The van der Waals surface area contributed by atoms with Crippen molar-refractivity contribution in [3.63, 3.8) is 0 Å². The first-order valence-electron chi connectivity index (χ1n) is 26.4. The predicted molar refractivity (Wildman–Crippen MR) is 268 cm³/mol. The number of ether oxygens (including phenoxy) is 2. The summed E-state index contributed by atoms with van der Waals surface area (Å²) in [6.07, 6.45) is 41.2. The Balaban J connectivity index is 1.65. The van der Waals surface area contributed by atoms with Gasteiger partial charge >= 0.3 is 25.8 Å². The lowest BCUT2D eigenvalue weighted by Crippen LogP contribution is -2.36. The summed E-state index contributed by atoms with van der Waals surface area (Å²) >= 11 is 1.84. The Labute approximate surface area is 404 Å². The highest BCUT2D eigenvalue weighted by Crippen LogP contribution is 2.43. The van der Waals surface area contributed by atoms with Crippen LogP contribution in [0.25, 0.3) is 0 Å². The Morgan fingerprint density at radius 1 is 0.667 bits per heavy atom. The van der Waals surface area contributed by atoms with Gasteiger partial charge in [0, 0.05) is 36.8 Å².